The Labute approximate surface area is 214 Å². The number of esters is 1. The van der Waals surface area contributed by atoms with Crippen molar-refractivity contribution in [3.05, 3.63) is 106 Å². The summed E-state index contributed by atoms with van der Waals surface area (Å²) < 4.78 is 11.3. The minimum Gasteiger partial charge on any atom is -0.467 e. The molecule has 0 fully saturated rings. The van der Waals surface area contributed by atoms with Gasteiger partial charge in [-0.05, 0) is 61.5 Å². The monoisotopic (exact) mass is 552 g/mol. The summed E-state index contributed by atoms with van der Waals surface area (Å²) in [5.74, 6) is -0.478. The largest absolute Gasteiger partial charge is 0.467 e. The average Bonchev–Trinajstić information content (AvgIpc) is 3.53. The highest BCUT2D eigenvalue weighted by Gasteiger charge is 2.23. The SMILES string of the molecule is CCOC(=O)c1cc(C(=O)c2ccc(Br)cc2)[nH]c1Sc1ccccc1C(=O)NCc1ccco1. The number of nitrogens with one attached hydrogen (secondary N) is 2. The van der Waals surface area contributed by atoms with Crippen LogP contribution in [0.25, 0.3) is 0 Å². The van der Waals surface area contributed by atoms with E-state index in [0.29, 0.717) is 26.8 Å². The number of carbonyl (C=O) groups excluding carboxylic acids is 3. The van der Waals surface area contributed by atoms with Gasteiger partial charge in [-0.1, -0.05) is 39.8 Å². The summed E-state index contributed by atoms with van der Waals surface area (Å²) in [4.78, 5) is 42.3. The Balaban J connectivity index is 1.63. The number of amides is 1. The maximum atomic E-state index is 13.0. The van der Waals surface area contributed by atoms with E-state index in [1.165, 1.54) is 17.8 Å². The number of benzene rings is 2. The lowest BCUT2D eigenvalue weighted by Crippen LogP contribution is -2.23. The molecule has 0 aliphatic heterocycles. The van der Waals surface area contributed by atoms with Gasteiger partial charge in [0.2, 0.25) is 5.78 Å². The van der Waals surface area contributed by atoms with Crippen molar-refractivity contribution < 1.29 is 23.5 Å². The number of hydrogen-bond donors (Lipinski definition) is 2. The van der Waals surface area contributed by atoms with E-state index in [4.69, 9.17) is 9.15 Å². The van der Waals surface area contributed by atoms with E-state index in [-0.39, 0.29) is 36.1 Å². The van der Waals surface area contributed by atoms with Gasteiger partial charge in [0.15, 0.2) is 0 Å². The molecule has 2 aromatic carbocycles. The summed E-state index contributed by atoms with van der Waals surface area (Å²) in [6.07, 6.45) is 1.54. The van der Waals surface area contributed by atoms with E-state index < -0.39 is 5.97 Å². The molecule has 4 aromatic rings. The highest BCUT2D eigenvalue weighted by Crippen LogP contribution is 2.34. The van der Waals surface area contributed by atoms with E-state index >= 15 is 0 Å². The van der Waals surface area contributed by atoms with Gasteiger partial charge in [-0.25, -0.2) is 4.79 Å². The number of aromatic amines is 1. The summed E-state index contributed by atoms with van der Waals surface area (Å²) in [5, 5.41) is 3.24. The second kappa shape index (κ2) is 11.2. The van der Waals surface area contributed by atoms with Crippen molar-refractivity contribution in [2.75, 3.05) is 6.61 Å². The van der Waals surface area contributed by atoms with Crippen molar-refractivity contribution in [1.29, 1.82) is 0 Å². The first kappa shape index (κ1) is 24.6. The molecule has 0 bridgehead atoms. The number of hydrogen-bond acceptors (Lipinski definition) is 6. The molecule has 0 aliphatic rings. The Morgan fingerprint density at radius 3 is 2.51 bits per heavy atom. The minimum absolute atomic E-state index is 0.190. The molecule has 2 aromatic heterocycles. The Morgan fingerprint density at radius 1 is 1.03 bits per heavy atom. The van der Waals surface area contributed by atoms with Crippen LogP contribution in [0.3, 0.4) is 0 Å². The number of aromatic nitrogens is 1. The fourth-order valence-corrected chi connectivity index (χ4v) is 4.60. The molecule has 0 unspecified atom stereocenters. The lowest BCUT2D eigenvalue weighted by Gasteiger charge is -2.10. The first-order chi connectivity index (χ1) is 17.0. The molecule has 2 N–H and O–H groups in total. The van der Waals surface area contributed by atoms with Gasteiger partial charge in [0.1, 0.15) is 5.76 Å². The van der Waals surface area contributed by atoms with Gasteiger partial charge >= 0.3 is 5.97 Å². The first-order valence-electron chi connectivity index (χ1n) is 10.7. The molecule has 35 heavy (non-hydrogen) atoms. The predicted molar refractivity (Wildman–Crippen MR) is 135 cm³/mol. The van der Waals surface area contributed by atoms with Gasteiger partial charge in [0, 0.05) is 14.9 Å². The maximum absolute atomic E-state index is 13.0. The number of halogens is 1. The van der Waals surface area contributed by atoms with Crippen LogP contribution in [0.1, 0.15) is 49.5 Å². The van der Waals surface area contributed by atoms with Crippen LogP contribution < -0.4 is 5.32 Å². The minimum atomic E-state index is -0.555. The Morgan fingerprint density at radius 2 is 1.80 bits per heavy atom. The van der Waals surface area contributed by atoms with Crippen LogP contribution in [-0.4, -0.2) is 29.3 Å². The molecule has 0 spiro atoms. The summed E-state index contributed by atoms with van der Waals surface area (Å²) in [7, 11) is 0. The molecule has 0 atom stereocenters. The van der Waals surface area contributed by atoms with Crippen molar-refractivity contribution in [1.82, 2.24) is 10.3 Å². The third kappa shape index (κ3) is 5.93. The molecule has 0 saturated heterocycles. The number of ketones is 1. The van der Waals surface area contributed by atoms with Crippen LogP contribution in [0.4, 0.5) is 0 Å². The summed E-state index contributed by atoms with van der Waals surface area (Å²) in [6.45, 7) is 2.15. The zero-order valence-corrected chi connectivity index (χ0v) is 21.1. The lowest BCUT2D eigenvalue weighted by atomic mass is 10.1. The zero-order chi connectivity index (χ0) is 24.8. The van der Waals surface area contributed by atoms with Crippen molar-refractivity contribution in [2.45, 2.75) is 23.4 Å². The summed E-state index contributed by atoms with van der Waals surface area (Å²) >= 11 is 4.54. The second-order valence-electron chi connectivity index (χ2n) is 7.34. The maximum Gasteiger partial charge on any atom is 0.340 e. The number of rotatable bonds is 9. The summed E-state index contributed by atoms with van der Waals surface area (Å²) in [5.41, 5.74) is 1.37. The summed E-state index contributed by atoms with van der Waals surface area (Å²) in [6, 6.07) is 19.0. The van der Waals surface area contributed by atoms with E-state index in [1.54, 1.807) is 73.9 Å². The standard InChI is InChI=1S/C26H21BrN2O5S/c1-2-33-26(32)20-14-21(23(30)16-9-11-17(27)12-10-16)29-25(20)35-22-8-4-3-7-19(22)24(31)28-15-18-6-5-13-34-18/h3-14,29H,2,15H2,1H3,(H,28,31). The molecule has 2 heterocycles. The lowest BCUT2D eigenvalue weighted by molar-refractivity contribution is 0.0522. The topological polar surface area (TPSA) is 101 Å². The fourth-order valence-electron chi connectivity index (χ4n) is 3.28. The van der Waals surface area contributed by atoms with E-state index in [2.05, 4.69) is 26.2 Å². The van der Waals surface area contributed by atoms with Crippen LogP contribution in [0.15, 0.2) is 91.8 Å². The van der Waals surface area contributed by atoms with Crippen molar-refractivity contribution >= 4 is 45.4 Å². The van der Waals surface area contributed by atoms with Crippen LogP contribution in [0, 0.1) is 0 Å². The van der Waals surface area contributed by atoms with E-state index in [9.17, 15) is 14.4 Å². The van der Waals surface area contributed by atoms with Crippen LogP contribution in [-0.2, 0) is 11.3 Å². The number of furan rings is 1. The van der Waals surface area contributed by atoms with Gasteiger partial charge in [-0.2, -0.15) is 0 Å². The molecule has 9 heteroatoms. The number of ether oxygens (including phenoxy) is 1. The Hall–Kier alpha value is -3.56. The highest BCUT2D eigenvalue weighted by molar-refractivity contribution is 9.10. The highest BCUT2D eigenvalue weighted by atomic mass is 79.9. The first-order valence-corrected chi connectivity index (χ1v) is 12.3. The van der Waals surface area contributed by atoms with Crippen molar-refractivity contribution in [3.8, 4) is 0 Å². The quantitative estimate of drug-likeness (QED) is 0.199. The molecule has 7 nitrogen and oxygen atoms in total. The van der Waals surface area contributed by atoms with Gasteiger partial charge in [-0.3, -0.25) is 9.59 Å². The Kier molecular flexibility index (Phi) is 7.89. The average molecular weight is 553 g/mol. The van der Waals surface area contributed by atoms with E-state index in [0.717, 1.165) is 4.47 Å². The van der Waals surface area contributed by atoms with Gasteiger partial charge in [0.05, 0.1) is 41.3 Å². The number of carbonyl (C=O) groups is 3. The normalized spacial score (nSPS) is 10.7. The number of H-pyrrole nitrogens is 1. The van der Waals surface area contributed by atoms with E-state index in [1.807, 2.05) is 0 Å². The molecule has 178 valence electrons. The predicted octanol–water partition coefficient (Wildman–Crippen LogP) is 5.86. The molecular weight excluding hydrogens is 532 g/mol. The van der Waals surface area contributed by atoms with Gasteiger partial charge in [0.25, 0.3) is 5.91 Å². The van der Waals surface area contributed by atoms with Crippen LogP contribution in [0.5, 0.6) is 0 Å². The van der Waals surface area contributed by atoms with Crippen molar-refractivity contribution in [2.24, 2.45) is 0 Å². The zero-order valence-electron chi connectivity index (χ0n) is 18.7. The second-order valence-corrected chi connectivity index (χ2v) is 9.31. The smallest absolute Gasteiger partial charge is 0.340 e. The molecular formula is C26H21BrN2O5S. The van der Waals surface area contributed by atoms with Crippen LogP contribution in [0.2, 0.25) is 0 Å². The fraction of sp³-hybridized carbons (Fsp3) is 0.115. The third-order valence-corrected chi connectivity index (χ3v) is 6.61. The molecule has 4 rings (SSSR count). The van der Waals surface area contributed by atoms with Crippen molar-refractivity contribution in [3.63, 3.8) is 0 Å². The van der Waals surface area contributed by atoms with Gasteiger partial charge < -0.3 is 19.5 Å². The van der Waals surface area contributed by atoms with Crippen LogP contribution >= 0.6 is 27.7 Å². The molecule has 1 amide bonds. The molecule has 0 aliphatic carbocycles. The third-order valence-electron chi connectivity index (χ3n) is 4.97. The molecule has 0 radical (unpaired) electrons. The van der Waals surface area contributed by atoms with Gasteiger partial charge in [-0.15, -0.1) is 0 Å². The Bertz CT molecular complexity index is 1350. The molecule has 0 saturated carbocycles.